The van der Waals surface area contributed by atoms with Crippen LogP contribution in [0.4, 0.5) is 5.69 Å². The van der Waals surface area contributed by atoms with E-state index < -0.39 is 0 Å². The van der Waals surface area contributed by atoms with Gasteiger partial charge in [0.2, 0.25) is 0 Å². The summed E-state index contributed by atoms with van der Waals surface area (Å²) in [7, 11) is 0. The third-order valence-corrected chi connectivity index (χ3v) is 4.32. The molecule has 4 heterocycles. The van der Waals surface area contributed by atoms with Crippen molar-refractivity contribution in [2.24, 2.45) is 0 Å². The molecule has 0 unspecified atom stereocenters. The van der Waals surface area contributed by atoms with Crippen LogP contribution in [0.2, 0.25) is 0 Å². The van der Waals surface area contributed by atoms with Crippen LogP contribution in [0, 0.1) is 6.92 Å². The molecule has 2 aliphatic rings. The van der Waals surface area contributed by atoms with E-state index in [-0.39, 0.29) is 5.79 Å². The molecule has 4 rings (SSSR count). The maximum absolute atomic E-state index is 5.80. The van der Waals surface area contributed by atoms with Crippen LogP contribution in [0.5, 0.6) is 0 Å². The van der Waals surface area contributed by atoms with Crippen LogP contribution in [0.1, 0.15) is 18.4 Å². The van der Waals surface area contributed by atoms with Crippen molar-refractivity contribution in [1.29, 1.82) is 0 Å². The molecule has 0 radical (unpaired) electrons. The summed E-state index contributed by atoms with van der Waals surface area (Å²) in [5.74, 6) is -0.309. The van der Waals surface area contributed by atoms with Crippen molar-refractivity contribution in [3.8, 4) is 0 Å². The largest absolute Gasteiger partial charge is 0.369 e. The van der Waals surface area contributed by atoms with Gasteiger partial charge in [0.25, 0.3) is 0 Å². The van der Waals surface area contributed by atoms with E-state index in [0.29, 0.717) is 0 Å². The monoisotopic (exact) mass is 273 g/mol. The van der Waals surface area contributed by atoms with Crippen LogP contribution >= 0.6 is 0 Å². The second-order valence-electron chi connectivity index (χ2n) is 5.68. The molecule has 0 aliphatic carbocycles. The Morgan fingerprint density at radius 1 is 1.20 bits per heavy atom. The summed E-state index contributed by atoms with van der Waals surface area (Å²) in [6.07, 6.45) is 7.77. The number of hydrogen-bond donors (Lipinski definition) is 0. The Morgan fingerprint density at radius 3 is 2.70 bits per heavy atom. The number of rotatable bonds is 1. The second kappa shape index (κ2) is 4.46. The summed E-state index contributed by atoms with van der Waals surface area (Å²) in [6.45, 7) is 5.51. The number of anilines is 1. The number of ether oxygens (including phenoxy) is 2. The van der Waals surface area contributed by atoms with Crippen LogP contribution in [-0.4, -0.2) is 41.5 Å². The zero-order chi connectivity index (χ0) is 13.6. The Bertz CT molecular complexity index is 621. The lowest BCUT2D eigenvalue weighted by Gasteiger charge is -2.39. The number of aromatic nitrogens is 2. The molecule has 0 atom stereocenters. The average molecular weight is 273 g/mol. The van der Waals surface area contributed by atoms with Crippen molar-refractivity contribution < 1.29 is 9.47 Å². The Kier molecular flexibility index (Phi) is 2.72. The van der Waals surface area contributed by atoms with Crippen molar-refractivity contribution in [2.45, 2.75) is 25.6 Å². The second-order valence-corrected chi connectivity index (χ2v) is 5.68. The number of nitrogens with zero attached hydrogens (tertiary/aromatic N) is 3. The predicted octanol–water partition coefficient (Wildman–Crippen LogP) is 1.99. The minimum absolute atomic E-state index is 0.309. The van der Waals surface area contributed by atoms with Crippen LogP contribution in [0.3, 0.4) is 0 Å². The van der Waals surface area contributed by atoms with Crippen molar-refractivity contribution in [2.75, 3.05) is 31.2 Å². The molecule has 0 aromatic carbocycles. The standard InChI is InChI=1S/C15H19N3O2/c1-12-8-13(14-9-16-11-18(14)10-12)17-4-2-15(3-5-17)19-6-7-20-15/h8-11H,2-7H2,1H3. The van der Waals surface area contributed by atoms with Crippen molar-refractivity contribution >= 4 is 11.2 Å². The molecule has 0 amide bonds. The summed E-state index contributed by atoms with van der Waals surface area (Å²) < 4.78 is 13.7. The maximum atomic E-state index is 5.80. The van der Waals surface area contributed by atoms with Crippen LogP contribution < -0.4 is 4.90 Å². The molecule has 0 bridgehead atoms. The third-order valence-electron chi connectivity index (χ3n) is 4.32. The molecule has 2 aliphatic heterocycles. The Labute approximate surface area is 118 Å². The van der Waals surface area contributed by atoms with Crippen LogP contribution in [0.15, 0.2) is 24.8 Å². The van der Waals surface area contributed by atoms with E-state index in [4.69, 9.17) is 9.47 Å². The maximum Gasteiger partial charge on any atom is 0.171 e. The smallest absolute Gasteiger partial charge is 0.171 e. The van der Waals surface area contributed by atoms with Crippen molar-refractivity contribution in [1.82, 2.24) is 9.38 Å². The fraction of sp³-hybridized carbons (Fsp3) is 0.533. The van der Waals surface area contributed by atoms with E-state index >= 15 is 0 Å². The molecule has 2 fully saturated rings. The van der Waals surface area contributed by atoms with Crippen molar-refractivity contribution in [3.05, 3.63) is 30.4 Å². The van der Waals surface area contributed by atoms with Gasteiger partial charge in [-0.05, 0) is 18.6 Å². The highest BCUT2D eigenvalue weighted by molar-refractivity contribution is 5.73. The highest BCUT2D eigenvalue weighted by Crippen LogP contribution is 2.34. The minimum atomic E-state index is -0.309. The van der Waals surface area contributed by atoms with E-state index in [1.54, 1.807) is 0 Å². The number of imidazole rings is 1. The average Bonchev–Trinajstić information content (AvgIpc) is 3.08. The normalized spacial score (nSPS) is 21.9. The molecule has 106 valence electrons. The van der Waals surface area contributed by atoms with E-state index in [2.05, 4.69) is 33.5 Å². The van der Waals surface area contributed by atoms with Gasteiger partial charge in [0, 0.05) is 32.1 Å². The fourth-order valence-electron chi connectivity index (χ4n) is 3.28. The first-order chi connectivity index (χ1) is 9.76. The van der Waals surface area contributed by atoms with Gasteiger partial charge in [-0.1, -0.05) is 0 Å². The van der Waals surface area contributed by atoms with Gasteiger partial charge in [-0.2, -0.15) is 0 Å². The van der Waals surface area contributed by atoms with Gasteiger partial charge < -0.3 is 18.8 Å². The van der Waals surface area contributed by atoms with E-state index in [0.717, 1.165) is 39.1 Å². The molecule has 5 nitrogen and oxygen atoms in total. The summed E-state index contributed by atoms with van der Waals surface area (Å²) in [5.41, 5.74) is 3.68. The topological polar surface area (TPSA) is 39.0 Å². The molecule has 2 aromatic heterocycles. The molecular formula is C15H19N3O2. The molecule has 0 saturated carbocycles. The number of pyridine rings is 1. The molecule has 2 saturated heterocycles. The first-order valence-electron chi connectivity index (χ1n) is 7.21. The molecular weight excluding hydrogens is 254 g/mol. The fourth-order valence-corrected chi connectivity index (χ4v) is 3.28. The lowest BCUT2D eigenvalue weighted by atomic mass is 10.0. The van der Waals surface area contributed by atoms with Gasteiger partial charge in [0.1, 0.15) is 0 Å². The number of hydrogen-bond acceptors (Lipinski definition) is 4. The van der Waals surface area contributed by atoms with E-state index in [9.17, 15) is 0 Å². The molecule has 20 heavy (non-hydrogen) atoms. The number of fused-ring (bicyclic) bond motifs is 1. The molecule has 0 N–H and O–H groups in total. The lowest BCUT2D eigenvalue weighted by molar-refractivity contribution is -0.169. The highest BCUT2D eigenvalue weighted by Gasteiger charge is 2.40. The quantitative estimate of drug-likeness (QED) is 0.796. The summed E-state index contributed by atoms with van der Waals surface area (Å²) in [6, 6.07) is 2.24. The number of aryl methyl sites for hydroxylation is 1. The van der Waals surface area contributed by atoms with Crippen LogP contribution in [-0.2, 0) is 9.47 Å². The minimum Gasteiger partial charge on any atom is -0.369 e. The van der Waals surface area contributed by atoms with Gasteiger partial charge in [-0.25, -0.2) is 4.98 Å². The molecule has 2 aromatic rings. The van der Waals surface area contributed by atoms with Crippen molar-refractivity contribution in [3.63, 3.8) is 0 Å². The van der Waals surface area contributed by atoms with Gasteiger partial charge in [0.05, 0.1) is 36.9 Å². The molecule has 5 heteroatoms. The SMILES string of the molecule is Cc1cc(N2CCC3(CC2)OCCO3)c2cncn2c1. The zero-order valence-electron chi connectivity index (χ0n) is 11.7. The highest BCUT2D eigenvalue weighted by atomic mass is 16.7. The summed E-state index contributed by atoms with van der Waals surface area (Å²) in [5, 5.41) is 0. The lowest BCUT2D eigenvalue weighted by Crippen LogP contribution is -2.45. The van der Waals surface area contributed by atoms with E-state index in [1.165, 1.54) is 16.8 Å². The van der Waals surface area contributed by atoms with Gasteiger partial charge in [0.15, 0.2) is 5.79 Å². The Morgan fingerprint density at radius 2 is 1.95 bits per heavy atom. The molecule has 1 spiro atoms. The summed E-state index contributed by atoms with van der Waals surface area (Å²) >= 11 is 0. The first-order valence-corrected chi connectivity index (χ1v) is 7.21. The third kappa shape index (κ3) is 1.89. The Hall–Kier alpha value is -1.59. The van der Waals surface area contributed by atoms with Crippen LogP contribution in [0.25, 0.3) is 5.52 Å². The zero-order valence-corrected chi connectivity index (χ0v) is 11.7. The summed E-state index contributed by atoms with van der Waals surface area (Å²) in [4.78, 5) is 6.67. The van der Waals surface area contributed by atoms with Gasteiger partial charge in [-0.15, -0.1) is 0 Å². The Balaban J connectivity index is 1.62. The first kappa shape index (κ1) is 12.2. The van der Waals surface area contributed by atoms with Gasteiger partial charge in [-0.3, -0.25) is 0 Å². The van der Waals surface area contributed by atoms with E-state index in [1.807, 2.05) is 12.5 Å². The number of piperidine rings is 1. The van der Waals surface area contributed by atoms with Gasteiger partial charge >= 0.3 is 0 Å². The predicted molar refractivity (Wildman–Crippen MR) is 76.0 cm³/mol.